The van der Waals surface area contributed by atoms with Crippen LogP contribution in [0.15, 0.2) is 60.7 Å². The number of benzene rings is 2. The molecule has 0 bridgehead atoms. The van der Waals surface area contributed by atoms with Gasteiger partial charge in [-0.05, 0) is 25.0 Å². The van der Waals surface area contributed by atoms with E-state index in [9.17, 15) is 9.59 Å². The molecule has 2 atom stereocenters. The van der Waals surface area contributed by atoms with Crippen LogP contribution in [0.2, 0.25) is 0 Å². The summed E-state index contributed by atoms with van der Waals surface area (Å²) < 4.78 is 20.8. The average Bonchev–Trinajstić information content (AvgIpc) is 2.66. The lowest BCUT2D eigenvalue weighted by molar-refractivity contribution is -0.0578. The Labute approximate surface area is 152 Å². The first-order valence-corrected chi connectivity index (χ1v) is 8.42. The molecule has 2 aromatic carbocycles. The average molecular weight is 358 g/mol. The van der Waals surface area contributed by atoms with Crippen molar-refractivity contribution in [3.05, 3.63) is 71.8 Å². The van der Waals surface area contributed by atoms with Gasteiger partial charge in [-0.3, -0.25) is 0 Å². The Balaban J connectivity index is 2.39. The van der Waals surface area contributed by atoms with Crippen molar-refractivity contribution in [3.8, 4) is 0 Å². The summed E-state index contributed by atoms with van der Waals surface area (Å²) in [5.41, 5.74) is 1.33. The predicted molar refractivity (Wildman–Crippen MR) is 94.6 cm³/mol. The lowest BCUT2D eigenvalue weighted by Gasteiger charge is -2.27. The topological polar surface area (TPSA) is 71.1 Å². The van der Waals surface area contributed by atoms with Crippen LogP contribution in [-0.4, -0.2) is 25.5 Å². The van der Waals surface area contributed by atoms with Crippen LogP contribution in [0.5, 0.6) is 0 Å². The summed E-state index contributed by atoms with van der Waals surface area (Å²) in [6.45, 7) is 3.72. The van der Waals surface area contributed by atoms with Crippen molar-refractivity contribution in [2.75, 3.05) is 13.2 Å². The van der Waals surface area contributed by atoms with Crippen LogP contribution in [0.4, 0.5) is 9.59 Å². The van der Waals surface area contributed by atoms with E-state index in [0.717, 1.165) is 0 Å². The van der Waals surface area contributed by atoms with E-state index in [0.29, 0.717) is 11.1 Å². The Kier molecular flexibility index (Phi) is 7.49. The molecule has 0 saturated heterocycles. The molecular formula is C20H22O6. The van der Waals surface area contributed by atoms with Gasteiger partial charge in [0, 0.05) is 0 Å². The van der Waals surface area contributed by atoms with Crippen molar-refractivity contribution >= 4 is 12.3 Å². The van der Waals surface area contributed by atoms with Gasteiger partial charge in [0.2, 0.25) is 0 Å². The monoisotopic (exact) mass is 358 g/mol. The summed E-state index contributed by atoms with van der Waals surface area (Å²) in [7, 11) is 0. The Morgan fingerprint density at radius 2 is 1.04 bits per heavy atom. The van der Waals surface area contributed by atoms with Crippen LogP contribution in [0.25, 0.3) is 0 Å². The van der Waals surface area contributed by atoms with Crippen LogP contribution in [-0.2, 0) is 18.9 Å². The van der Waals surface area contributed by atoms with E-state index in [1.165, 1.54) is 0 Å². The zero-order valence-corrected chi connectivity index (χ0v) is 14.8. The Morgan fingerprint density at radius 3 is 1.35 bits per heavy atom. The largest absolute Gasteiger partial charge is 0.509 e. The highest BCUT2D eigenvalue weighted by Crippen LogP contribution is 2.36. The zero-order chi connectivity index (χ0) is 18.8. The Bertz CT molecular complexity index is 624. The minimum atomic E-state index is -0.887. The van der Waals surface area contributed by atoms with Gasteiger partial charge in [0.05, 0.1) is 13.2 Å². The van der Waals surface area contributed by atoms with Crippen molar-refractivity contribution < 1.29 is 28.5 Å². The lowest BCUT2D eigenvalue weighted by atomic mass is 9.98. The molecule has 26 heavy (non-hydrogen) atoms. The molecule has 6 heteroatoms. The molecule has 0 aliphatic heterocycles. The molecule has 2 aromatic rings. The van der Waals surface area contributed by atoms with Gasteiger partial charge in [-0.25, -0.2) is 9.59 Å². The van der Waals surface area contributed by atoms with Gasteiger partial charge in [-0.1, -0.05) is 60.7 Å². The Morgan fingerprint density at radius 1 is 0.692 bits per heavy atom. The van der Waals surface area contributed by atoms with Crippen molar-refractivity contribution in [3.63, 3.8) is 0 Å². The lowest BCUT2D eigenvalue weighted by Crippen LogP contribution is -2.24. The molecule has 0 aromatic heterocycles. The highest BCUT2D eigenvalue weighted by molar-refractivity contribution is 5.62. The van der Waals surface area contributed by atoms with E-state index in [2.05, 4.69) is 0 Å². The van der Waals surface area contributed by atoms with Crippen LogP contribution in [0.3, 0.4) is 0 Å². The zero-order valence-electron chi connectivity index (χ0n) is 14.8. The molecule has 0 heterocycles. The van der Waals surface area contributed by atoms with Crippen molar-refractivity contribution in [2.45, 2.75) is 26.1 Å². The molecule has 0 spiro atoms. The summed E-state index contributed by atoms with van der Waals surface area (Å²) in [5, 5.41) is 0. The fraction of sp³-hybridized carbons (Fsp3) is 0.300. The first-order chi connectivity index (χ1) is 12.7. The SMILES string of the molecule is CCOC(=O)OC(c1ccccc1)C(OC(=O)OCC)c1ccccc1. The second-order valence-electron chi connectivity index (χ2n) is 5.26. The summed E-state index contributed by atoms with van der Waals surface area (Å²) in [6.07, 6.45) is -3.45. The quantitative estimate of drug-likeness (QED) is 0.661. The van der Waals surface area contributed by atoms with Gasteiger partial charge < -0.3 is 18.9 Å². The summed E-state index contributed by atoms with van der Waals surface area (Å²) in [4.78, 5) is 23.9. The molecule has 0 amide bonds. The third kappa shape index (κ3) is 5.51. The van der Waals surface area contributed by atoms with Gasteiger partial charge in [0.1, 0.15) is 0 Å². The fourth-order valence-electron chi connectivity index (χ4n) is 2.41. The van der Waals surface area contributed by atoms with Gasteiger partial charge in [-0.15, -0.1) is 0 Å². The molecule has 2 rings (SSSR count). The van der Waals surface area contributed by atoms with Crippen molar-refractivity contribution in [1.82, 2.24) is 0 Å². The summed E-state index contributed by atoms with van der Waals surface area (Å²) >= 11 is 0. The first kappa shape index (κ1) is 19.3. The van der Waals surface area contributed by atoms with E-state index in [-0.39, 0.29) is 13.2 Å². The van der Waals surface area contributed by atoms with Gasteiger partial charge in [-0.2, -0.15) is 0 Å². The Hall–Kier alpha value is -3.02. The maximum atomic E-state index is 12.0. The van der Waals surface area contributed by atoms with E-state index >= 15 is 0 Å². The maximum Gasteiger partial charge on any atom is 0.509 e. The number of carbonyl (C=O) groups excluding carboxylic acids is 2. The molecule has 0 N–H and O–H groups in total. The molecule has 0 saturated carbocycles. The van der Waals surface area contributed by atoms with Crippen LogP contribution in [0.1, 0.15) is 37.2 Å². The number of carbonyl (C=O) groups is 2. The van der Waals surface area contributed by atoms with Gasteiger partial charge in [0.25, 0.3) is 0 Å². The van der Waals surface area contributed by atoms with Gasteiger partial charge >= 0.3 is 12.3 Å². The molecule has 6 nitrogen and oxygen atoms in total. The predicted octanol–water partition coefficient (Wildman–Crippen LogP) is 4.82. The molecular weight excluding hydrogens is 336 g/mol. The maximum absolute atomic E-state index is 12.0. The minimum Gasteiger partial charge on any atom is -0.435 e. The highest BCUT2D eigenvalue weighted by Gasteiger charge is 2.32. The fourth-order valence-corrected chi connectivity index (χ4v) is 2.41. The first-order valence-electron chi connectivity index (χ1n) is 8.42. The molecule has 0 aliphatic rings. The summed E-state index contributed by atoms with van der Waals surface area (Å²) in [6, 6.07) is 18.1. The molecule has 0 aliphatic carbocycles. The smallest absolute Gasteiger partial charge is 0.435 e. The highest BCUT2D eigenvalue weighted by atomic mass is 16.8. The second-order valence-corrected chi connectivity index (χ2v) is 5.26. The van der Waals surface area contributed by atoms with Crippen molar-refractivity contribution in [1.29, 1.82) is 0 Å². The molecule has 0 radical (unpaired) electrons. The number of ether oxygens (including phenoxy) is 4. The van der Waals surface area contributed by atoms with Crippen LogP contribution < -0.4 is 0 Å². The number of hydrogen-bond donors (Lipinski definition) is 0. The van der Waals surface area contributed by atoms with E-state index in [1.807, 2.05) is 36.4 Å². The van der Waals surface area contributed by atoms with E-state index < -0.39 is 24.5 Å². The number of hydrogen-bond acceptors (Lipinski definition) is 6. The van der Waals surface area contributed by atoms with E-state index in [4.69, 9.17) is 18.9 Å². The van der Waals surface area contributed by atoms with Crippen molar-refractivity contribution in [2.24, 2.45) is 0 Å². The molecule has 2 unspecified atom stereocenters. The van der Waals surface area contributed by atoms with Crippen LogP contribution >= 0.6 is 0 Å². The molecule has 0 fully saturated rings. The standard InChI is InChI=1S/C20H22O6/c1-3-23-19(21)25-17(15-11-7-5-8-12-15)18(26-20(22)24-4-2)16-13-9-6-10-14-16/h5-14,17-18H,3-4H2,1-2H3. The normalized spacial score (nSPS) is 12.5. The van der Waals surface area contributed by atoms with E-state index in [1.54, 1.807) is 38.1 Å². The second kappa shape index (κ2) is 10.1. The third-order valence-corrected chi connectivity index (χ3v) is 3.50. The molecule has 138 valence electrons. The summed E-state index contributed by atoms with van der Waals surface area (Å²) in [5.74, 6) is 0. The van der Waals surface area contributed by atoms with Crippen LogP contribution in [0, 0.1) is 0 Å². The van der Waals surface area contributed by atoms with Gasteiger partial charge in [0.15, 0.2) is 12.2 Å². The minimum absolute atomic E-state index is 0.176. The third-order valence-electron chi connectivity index (χ3n) is 3.50. The number of rotatable bonds is 7.